The first kappa shape index (κ1) is 35.8. The fraction of sp³-hybridized carbons (Fsp3) is 0.704. The number of rotatable bonds is 28. The third-order valence-corrected chi connectivity index (χ3v) is 5.16. The van der Waals surface area contributed by atoms with Crippen molar-refractivity contribution in [3.63, 3.8) is 0 Å². The molecule has 0 aliphatic heterocycles. The third kappa shape index (κ3) is 20.7. The van der Waals surface area contributed by atoms with E-state index in [-0.39, 0.29) is 12.3 Å². The molecule has 1 atom stereocenters. The van der Waals surface area contributed by atoms with Crippen molar-refractivity contribution in [1.82, 2.24) is 5.32 Å². The Bertz CT molecular complexity index is 770. The number of nitrogens with one attached hydrogen (secondary N) is 1. The molecule has 1 aromatic carbocycles. The Kier molecular flexibility index (Phi) is 23.1. The van der Waals surface area contributed by atoms with E-state index in [4.69, 9.17) is 48.7 Å². The number of carbonyl (C=O) groups is 2. The molecule has 0 aliphatic carbocycles. The number of amides is 1. The summed E-state index contributed by atoms with van der Waals surface area (Å²) in [5, 5.41) is 11.7. The standard InChI is InChI=1S/C27H46N2O11/c1-33-7-8-35-11-12-37-15-16-39-19-20-40-18-17-38-14-13-36-10-9-34-6-5-29-26(30)24-4-2-3-23(21-24)22-25(28)27(31)32/h2-4,21,25H,5-20,22,28H2,1H3,(H,29,30)(H,31,32)/t25-/m0/s1. The van der Waals surface area contributed by atoms with Gasteiger partial charge in [-0.05, 0) is 24.1 Å². The molecular formula is C27H46N2O11. The number of benzene rings is 1. The van der Waals surface area contributed by atoms with Crippen LogP contribution in [-0.4, -0.2) is 136 Å². The van der Waals surface area contributed by atoms with Gasteiger partial charge in [0.05, 0.1) is 99.1 Å². The monoisotopic (exact) mass is 574 g/mol. The highest BCUT2D eigenvalue weighted by Gasteiger charge is 2.13. The summed E-state index contributed by atoms with van der Waals surface area (Å²) in [5.41, 5.74) is 6.68. The second kappa shape index (κ2) is 25.7. The number of aliphatic carboxylic acids is 1. The second-order valence-electron chi connectivity index (χ2n) is 8.38. The molecule has 13 nitrogen and oxygen atoms in total. The van der Waals surface area contributed by atoms with Crippen LogP contribution >= 0.6 is 0 Å². The molecule has 0 saturated heterocycles. The third-order valence-electron chi connectivity index (χ3n) is 5.16. The summed E-state index contributed by atoms with van der Waals surface area (Å²) in [6.45, 7) is 7.59. The summed E-state index contributed by atoms with van der Waals surface area (Å²) >= 11 is 0. The molecule has 1 rings (SSSR count). The number of carbonyl (C=O) groups excluding carboxylic acids is 1. The van der Waals surface area contributed by atoms with E-state index >= 15 is 0 Å². The first-order chi connectivity index (χ1) is 19.5. The van der Waals surface area contributed by atoms with Crippen molar-refractivity contribution in [1.29, 1.82) is 0 Å². The summed E-state index contributed by atoms with van der Waals surface area (Å²) in [6, 6.07) is 5.72. The van der Waals surface area contributed by atoms with E-state index in [9.17, 15) is 9.59 Å². The van der Waals surface area contributed by atoms with E-state index < -0.39 is 12.0 Å². The minimum atomic E-state index is -1.08. The van der Waals surface area contributed by atoms with Crippen LogP contribution in [-0.2, 0) is 49.1 Å². The summed E-state index contributed by atoms with van der Waals surface area (Å²) < 4.78 is 42.7. The molecule has 0 fully saturated rings. The van der Waals surface area contributed by atoms with Crippen molar-refractivity contribution in [2.45, 2.75) is 12.5 Å². The van der Waals surface area contributed by atoms with Crippen LogP contribution < -0.4 is 11.1 Å². The Labute approximate surface area is 236 Å². The van der Waals surface area contributed by atoms with Crippen molar-refractivity contribution in [2.75, 3.05) is 113 Å². The Morgan fingerprint density at radius 1 is 0.725 bits per heavy atom. The number of carboxylic acids is 1. The van der Waals surface area contributed by atoms with Gasteiger partial charge in [-0.15, -0.1) is 0 Å². The van der Waals surface area contributed by atoms with E-state index in [1.807, 2.05) is 0 Å². The number of hydrogen-bond acceptors (Lipinski definition) is 11. The van der Waals surface area contributed by atoms with Gasteiger partial charge in [-0.1, -0.05) is 12.1 Å². The van der Waals surface area contributed by atoms with Crippen LogP contribution in [0.4, 0.5) is 0 Å². The molecule has 0 unspecified atom stereocenters. The van der Waals surface area contributed by atoms with Gasteiger partial charge in [0.15, 0.2) is 0 Å². The van der Waals surface area contributed by atoms with Gasteiger partial charge < -0.3 is 54.1 Å². The quantitative estimate of drug-likeness (QED) is 0.116. The van der Waals surface area contributed by atoms with Crippen molar-refractivity contribution in [2.24, 2.45) is 5.73 Å². The van der Waals surface area contributed by atoms with Crippen molar-refractivity contribution < 1.29 is 52.6 Å². The van der Waals surface area contributed by atoms with Crippen molar-refractivity contribution in [3.8, 4) is 0 Å². The number of ether oxygens (including phenoxy) is 8. The zero-order valence-electron chi connectivity index (χ0n) is 23.5. The molecule has 0 saturated carbocycles. The molecule has 13 heteroatoms. The fourth-order valence-corrected chi connectivity index (χ4v) is 3.08. The molecular weight excluding hydrogens is 528 g/mol. The molecule has 1 aromatic rings. The SMILES string of the molecule is COCCOCCOCCOCCOCCOCCOCCOCCNC(=O)c1cccc(C[C@H](N)C(=O)O)c1. The lowest BCUT2D eigenvalue weighted by Gasteiger charge is -2.10. The summed E-state index contributed by atoms with van der Waals surface area (Å²) in [5.74, 6) is -1.35. The van der Waals surface area contributed by atoms with E-state index in [0.29, 0.717) is 117 Å². The molecule has 40 heavy (non-hydrogen) atoms. The largest absolute Gasteiger partial charge is 0.480 e. The lowest BCUT2D eigenvalue weighted by molar-refractivity contribution is -0.138. The predicted octanol–water partition coefficient (Wildman–Crippen LogP) is 0.133. The van der Waals surface area contributed by atoms with Gasteiger partial charge in [0.2, 0.25) is 0 Å². The Balaban J connectivity index is 1.83. The zero-order chi connectivity index (χ0) is 29.1. The van der Waals surface area contributed by atoms with E-state index in [2.05, 4.69) is 5.32 Å². The normalized spacial score (nSPS) is 11.9. The van der Waals surface area contributed by atoms with Crippen LogP contribution in [0.2, 0.25) is 0 Å². The highest BCUT2D eigenvalue weighted by molar-refractivity contribution is 5.94. The lowest BCUT2D eigenvalue weighted by atomic mass is 10.0. The molecule has 0 aromatic heterocycles. The summed E-state index contributed by atoms with van der Waals surface area (Å²) in [4.78, 5) is 23.2. The molecule has 1 amide bonds. The van der Waals surface area contributed by atoms with Gasteiger partial charge in [0, 0.05) is 19.2 Å². The van der Waals surface area contributed by atoms with Crippen LogP contribution in [0.25, 0.3) is 0 Å². The minimum absolute atomic E-state index is 0.152. The Morgan fingerprint density at radius 2 is 1.15 bits per heavy atom. The highest BCUT2D eigenvalue weighted by Crippen LogP contribution is 2.07. The topological polar surface area (TPSA) is 166 Å². The molecule has 0 bridgehead atoms. The van der Waals surface area contributed by atoms with Crippen molar-refractivity contribution >= 4 is 11.9 Å². The number of methoxy groups -OCH3 is 1. The summed E-state index contributed by atoms with van der Waals surface area (Å²) in [6.07, 6.45) is 0.152. The average Bonchev–Trinajstić information content (AvgIpc) is 2.95. The molecule has 0 radical (unpaired) electrons. The second-order valence-corrected chi connectivity index (χ2v) is 8.38. The van der Waals surface area contributed by atoms with E-state index in [0.717, 1.165) is 0 Å². The Morgan fingerprint density at radius 3 is 1.57 bits per heavy atom. The molecule has 0 aliphatic rings. The van der Waals surface area contributed by atoms with E-state index in [1.54, 1.807) is 31.4 Å². The first-order valence-electron chi connectivity index (χ1n) is 13.4. The van der Waals surface area contributed by atoms with Crippen LogP contribution in [0, 0.1) is 0 Å². The summed E-state index contributed by atoms with van der Waals surface area (Å²) in [7, 11) is 1.64. The maximum atomic E-state index is 12.3. The van der Waals surface area contributed by atoms with E-state index in [1.165, 1.54) is 0 Å². The van der Waals surface area contributed by atoms with Gasteiger partial charge in [-0.2, -0.15) is 0 Å². The van der Waals surface area contributed by atoms with Gasteiger partial charge in [0.25, 0.3) is 5.91 Å². The average molecular weight is 575 g/mol. The van der Waals surface area contributed by atoms with Crippen LogP contribution in [0.1, 0.15) is 15.9 Å². The first-order valence-corrected chi connectivity index (χ1v) is 13.4. The van der Waals surface area contributed by atoms with Gasteiger partial charge in [0.1, 0.15) is 6.04 Å². The van der Waals surface area contributed by atoms with Crippen molar-refractivity contribution in [3.05, 3.63) is 35.4 Å². The highest BCUT2D eigenvalue weighted by atomic mass is 16.6. The Hall–Kier alpha value is -2.20. The zero-order valence-corrected chi connectivity index (χ0v) is 23.5. The van der Waals surface area contributed by atoms with Gasteiger partial charge in [-0.3, -0.25) is 9.59 Å². The molecule has 0 heterocycles. The van der Waals surface area contributed by atoms with Gasteiger partial charge in [-0.25, -0.2) is 0 Å². The smallest absolute Gasteiger partial charge is 0.320 e. The maximum Gasteiger partial charge on any atom is 0.320 e. The van der Waals surface area contributed by atoms with Crippen LogP contribution in [0.5, 0.6) is 0 Å². The maximum absolute atomic E-state index is 12.3. The van der Waals surface area contributed by atoms with Gasteiger partial charge >= 0.3 is 5.97 Å². The number of nitrogens with two attached hydrogens (primary N) is 1. The molecule has 0 spiro atoms. The van der Waals surface area contributed by atoms with Crippen LogP contribution in [0.15, 0.2) is 24.3 Å². The number of carboxylic acid groups (broad SMARTS) is 1. The molecule has 230 valence electrons. The van der Waals surface area contributed by atoms with Crippen LogP contribution in [0.3, 0.4) is 0 Å². The predicted molar refractivity (Wildman–Crippen MR) is 146 cm³/mol. The fourth-order valence-electron chi connectivity index (χ4n) is 3.08. The lowest BCUT2D eigenvalue weighted by Crippen LogP contribution is -2.32. The number of hydrogen-bond donors (Lipinski definition) is 3. The minimum Gasteiger partial charge on any atom is -0.480 e. The molecule has 4 N–H and O–H groups in total.